The largest absolute Gasteiger partial charge is 0.465 e. The number of hydrogen-bond acceptors (Lipinski definition) is 7. The number of esters is 1. The maximum atomic E-state index is 12.1. The maximum absolute atomic E-state index is 12.1. The Kier molecular flexibility index (Phi) is 4.46. The van der Waals surface area contributed by atoms with E-state index in [1.165, 1.54) is 29.4 Å². The summed E-state index contributed by atoms with van der Waals surface area (Å²) in [4.78, 5) is 36.7. The lowest BCUT2D eigenvalue weighted by Gasteiger charge is -2.23. The zero-order valence-corrected chi connectivity index (χ0v) is 14.3. The molecule has 0 bridgehead atoms. The number of nitrogens with zero attached hydrogens (tertiary/aromatic N) is 1. The van der Waals surface area contributed by atoms with Gasteiger partial charge in [0.05, 0.1) is 11.8 Å². The van der Waals surface area contributed by atoms with E-state index in [0.29, 0.717) is 9.70 Å². The molecule has 0 N–H and O–H groups in total. The lowest BCUT2D eigenvalue weighted by atomic mass is 10.2. The van der Waals surface area contributed by atoms with Crippen LogP contribution in [0.25, 0.3) is 10.3 Å². The first-order valence-corrected chi connectivity index (χ1v) is 7.57. The monoisotopic (exact) mass is 339 g/mol. The molecule has 124 valence electrons. The van der Waals surface area contributed by atoms with Gasteiger partial charge in [0.1, 0.15) is 16.2 Å². The van der Waals surface area contributed by atoms with Gasteiger partial charge in [0.15, 0.2) is 5.58 Å². The van der Waals surface area contributed by atoms with E-state index in [0.717, 1.165) is 0 Å². The fraction of sp³-hybridized carbons (Fsp3) is 0.400. The van der Waals surface area contributed by atoms with Crippen LogP contribution in [-0.2, 0) is 9.47 Å². The summed E-state index contributed by atoms with van der Waals surface area (Å²) in [6, 6.07) is 2.94. The molecule has 0 aliphatic rings. The molecule has 0 spiro atoms. The topological polar surface area (TPSA) is 86.1 Å². The normalized spacial score (nSPS) is 11.3. The van der Waals surface area contributed by atoms with Gasteiger partial charge in [-0.15, -0.1) is 11.3 Å². The molecule has 23 heavy (non-hydrogen) atoms. The minimum absolute atomic E-state index is 0.187. The lowest BCUT2D eigenvalue weighted by Crippen LogP contribution is -2.33. The van der Waals surface area contributed by atoms with Crippen molar-refractivity contribution < 1.29 is 23.5 Å². The first-order valence-electron chi connectivity index (χ1n) is 6.75. The van der Waals surface area contributed by atoms with Crippen molar-refractivity contribution in [3.05, 3.63) is 28.1 Å². The zero-order valence-electron chi connectivity index (χ0n) is 13.5. The van der Waals surface area contributed by atoms with Gasteiger partial charge in [-0.3, -0.25) is 4.90 Å². The number of fused-ring (bicyclic) bond motifs is 1. The van der Waals surface area contributed by atoms with Crippen LogP contribution in [0.15, 0.2) is 21.3 Å². The Hall–Kier alpha value is -2.35. The predicted octanol–water partition coefficient (Wildman–Crippen LogP) is 3.01. The summed E-state index contributed by atoms with van der Waals surface area (Å²) in [7, 11) is 2.74. The van der Waals surface area contributed by atoms with Crippen molar-refractivity contribution in [3.8, 4) is 0 Å². The summed E-state index contributed by atoms with van der Waals surface area (Å²) in [5.41, 5.74) is -1.30. The van der Waals surface area contributed by atoms with Gasteiger partial charge in [0.2, 0.25) is 0 Å². The van der Waals surface area contributed by atoms with Crippen LogP contribution in [-0.4, -0.2) is 31.8 Å². The highest BCUT2D eigenvalue weighted by molar-refractivity contribution is 7.22. The van der Waals surface area contributed by atoms with E-state index in [9.17, 15) is 14.4 Å². The van der Waals surface area contributed by atoms with Crippen molar-refractivity contribution in [2.75, 3.05) is 19.1 Å². The van der Waals surface area contributed by atoms with Crippen LogP contribution in [0.1, 0.15) is 31.1 Å². The fourth-order valence-corrected chi connectivity index (χ4v) is 2.72. The molecule has 2 heterocycles. The molecule has 0 atom stereocenters. The number of amides is 1. The van der Waals surface area contributed by atoms with Gasteiger partial charge in [-0.25, -0.2) is 14.4 Å². The highest BCUT2D eigenvalue weighted by Gasteiger charge is 2.23. The number of rotatable bonds is 2. The van der Waals surface area contributed by atoms with Crippen molar-refractivity contribution in [1.82, 2.24) is 0 Å². The van der Waals surface area contributed by atoms with Crippen LogP contribution >= 0.6 is 11.3 Å². The quantitative estimate of drug-likeness (QED) is 0.782. The summed E-state index contributed by atoms with van der Waals surface area (Å²) in [6.45, 7) is 5.31. The summed E-state index contributed by atoms with van der Waals surface area (Å²) in [5.74, 6) is -0.768. The molecular weight excluding hydrogens is 322 g/mol. The molecule has 2 rings (SSSR count). The first-order chi connectivity index (χ1) is 10.6. The molecule has 0 aliphatic heterocycles. The minimum atomic E-state index is -0.784. The van der Waals surface area contributed by atoms with Crippen molar-refractivity contribution in [2.45, 2.75) is 26.4 Å². The maximum Gasteiger partial charge on any atom is 0.415 e. The van der Waals surface area contributed by atoms with Crippen molar-refractivity contribution in [3.63, 3.8) is 0 Å². The Bertz CT molecular complexity index is 813. The van der Waals surface area contributed by atoms with E-state index in [1.807, 2.05) is 0 Å². The number of methoxy groups -OCH3 is 1. The molecule has 0 fully saturated rings. The predicted molar refractivity (Wildman–Crippen MR) is 86.3 cm³/mol. The average molecular weight is 339 g/mol. The van der Waals surface area contributed by atoms with Gasteiger partial charge in [-0.1, -0.05) is 0 Å². The van der Waals surface area contributed by atoms with Crippen LogP contribution in [0.4, 0.5) is 9.80 Å². The second-order valence-electron chi connectivity index (χ2n) is 5.79. The Balaban J connectivity index is 2.39. The summed E-state index contributed by atoms with van der Waals surface area (Å²) in [5, 5.41) is 0.527. The highest BCUT2D eigenvalue weighted by Crippen LogP contribution is 2.32. The van der Waals surface area contributed by atoms with Gasteiger partial charge < -0.3 is 13.9 Å². The Morgan fingerprint density at radius 1 is 1.26 bits per heavy atom. The van der Waals surface area contributed by atoms with Crippen molar-refractivity contribution in [2.24, 2.45) is 0 Å². The van der Waals surface area contributed by atoms with E-state index in [4.69, 9.17) is 9.15 Å². The zero-order chi connectivity index (χ0) is 17.4. The molecule has 0 aliphatic carbocycles. The Morgan fingerprint density at radius 2 is 1.91 bits per heavy atom. The smallest absolute Gasteiger partial charge is 0.415 e. The number of carbonyl (C=O) groups is 2. The second kappa shape index (κ2) is 6.04. The summed E-state index contributed by atoms with van der Waals surface area (Å²) < 4.78 is 15.5. The third-order valence-electron chi connectivity index (χ3n) is 2.81. The molecule has 2 aromatic rings. The fourth-order valence-electron chi connectivity index (χ4n) is 1.74. The molecule has 7 nitrogen and oxygen atoms in total. The molecule has 1 amide bonds. The summed E-state index contributed by atoms with van der Waals surface area (Å²) in [6.07, 6.45) is -0.528. The van der Waals surface area contributed by atoms with Gasteiger partial charge >= 0.3 is 17.7 Å². The lowest BCUT2D eigenvalue weighted by molar-refractivity contribution is 0.0583. The molecule has 2 aromatic heterocycles. The minimum Gasteiger partial charge on any atom is -0.465 e. The van der Waals surface area contributed by atoms with Gasteiger partial charge in [0, 0.05) is 13.1 Å². The van der Waals surface area contributed by atoms with E-state index < -0.39 is 23.3 Å². The number of ether oxygens (including phenoxy) is 2. The second-order valence-corrected chi connectivity index (χ2v) is 6.85. The van der Waals surface area contributed by atoms with E-state index in [2.05, 4.69) is 4.74 Å². The van der Waals surface area contributed by atoms with Gasteiger partial charge in [-0.2, -0.15) is 0 Å². The van der Waals surface area contributed by atoms with E-state index in [-0.39, 0.29) is 11.1 Å². The van der Waals surface area contributed by atoms with Crippen molar-refractivity contribution in [1.29, 1.82) is 0 Å². The van der Waals surface area contributed by atoms with E-state index >= 15 is 0 Å². The van der Waals surface area contributed by atoms with Crippen LogP contribution < -0.4 is 10.5 Å². The molecule has 0 aromatic carbocycles. The van der Waals surface area contributed by atoms with Crippen molar-refractivity contribution >= 4 is 38.7 Å². The number of anilines is 1. The van der Waals surface area contributed by atoms with E-state index in [1.54, 1.807) is 33.9 Å². The Labute approximate surface area is 136 Å². The third kappa shape index (κ3) is 3.70. The molecule has 0 unspecified atom stereocenters. The SMILES string of the molecule is COC(=O)c1cc2sc(N(C)C(=O)OC(C)(C)C)cc2oc1=O. The van der Waals surface area contributed by atoms with Crippen LogP contribution in [0.2, 0.25) is 0 Å². The van der Waals surface area contributed by atoms with Crippen LogP contribution in [0.3, 0.4) is 0 Å². The highest BCUT2D eigenvalue weighted by atomic mass is 32.1. The molecule has 0 radical (unpaired) electrons. The summed E-state index contributed by atoms with van der Waals surface area (Å²) >= 11 is 1.20. The molecular formula is C15H17NO6S. The van der Waals surface area contributed by atoms with Crippen LogP contribution in [0, 0.1) is 0 Å². The standard InChI is InChI=1S/C15H17NO6S/c1-15(2,3)22-14(19)16(4)11-7-9-10(23-11)6-8(12(17)20-5)13(18)21-9/h6-7H,1-5H3. The Morgan fingerprint density at radius 3 is 2.48 bits per heavy atom. The van der Waals surface area contributed by atoms with Gasteiger partial charge in [0.25, 0.3) is 0 Å². The number of carbonyl (C=O) groups excluding carboxylic acids is 2. The molecule has 8 heteroatoms. The number of hydrogen-bond donors (Lipinski definition) is 0. The average Bonchev–Trinajstić information content (AvgIpc) is 2.85. The van der Waals surface area contributed by atoms with Crippen LogP contribution in [0.5, 0.6) is 0 Å². The third-order valence-corrected chi connectivity index (χ3v) is 3.95. The van der Waals surface area contributed by atoms with Gasteiger partial charge in [-0.05, 0) is 26.8 Å². The molecule has 0 saturated heterocycles. The number of thiophene rings is 1. The molecule has 0 saturated carbocycles. The first kappa shape index (κ1) is 17.0.